The second-order valence-corrected chi connectivity index (χ2v) is 12.5. The number of anilines is 2. The van der Waals surface area contributed by atoms with Gasteiger partial charge in [0.1, 0.15) is 16.5 Å². The molecule has 3 fully saturated rings. The molecule has 3 unspecified atom stereocenters. The van der Waals surface area contributed by atoms with Gasteiger partial charge in [0.15, 0.2) is 0 Å². The van der Waals surface area contributed by atoms with Crippen molar-refractivity contribution in [1.82, 2.24) is 19.9 Å². The van der Waals surface area contributed by atoms with Crippen LogP contribution >= 0.6 is 11.8 Å². The fourth-order valence-electron chi connectivity index (χ4n) is 5.22. The van der Waals surface area contributed by atoms with Gasteiger partial charge in [0.25, 0.3) is 0 Å². The topological polar surface area (TPSA) is 104 Å². The summed E-state index contributed by atoms with van der Waals surface area (Å²) in [5.74, 6) is 2.02. The second-order valence-electron chi connectivity index (χ2n) is 9.77. The van der Waals surface area contributed by atoms with Gasteiger partial charge in [0, 0.05) is 42.6 Å². The Morgan fingerprint density at radius 2 is 1.91 bits per heavy atom. The zero-order chi connectivity index (χ0) is 24.4. The smallest absolute Gasteiger partial charge is 0.394 e. The lowest BCUT2D eigenvalue weighted by atomic mass is 9.77. The van der Waals surface area contributed by atoms with Crippen molar-refractivity contribution in [2.75, 3.05) is 29.9 Å². The highest BCUT2D eigenvalue weighted by Crippen LogP contribution is 2.56. The normalized spacial score (nSPS) is 27.2. The molecule has 4 heterocycles. The minimum atomic E-state index is -4.36. The van der Waals surface area contributed by atoms with Gasteiger partial charge < -0.3 is 15.3 Å². The van der Waals surface area contributed by atoms with E-state index in [1.165, 1.54) is 12.4 Å². The first kappa shape index (κ1) is 23.4. The van der Waals surface area contributed by atoms with Gasteiger partial charge in [-0.3, -0.25) is 4.21 Å². The van der Waals surface area contributed by atoms with Gasteiger partial charge in [-0.2, -0.15) is 18.2 Å². The minimum absolute atomic E-state index is 0.00621. The van der Waals surface area contributed by atoms with Crippen molar-refractivity contribution in [2.45, 2.75) is 76.4 Å². The van der Waals surface area contributed by atoms with E-state index in [0.717, 1.165) is 44.2 Å². The molecule has 0 amide bonds. The Hall–Kier alpha value is -1.99. The predicted octanol–water partition coefficient (Wildman–Crippen LogP) is 3.57. The Kier molecular flexibility index (Phi) is 5.72. The number of thioether (sulfide) groups is 1. The number of alkyl halides is 3. The number of nitrogens with one attached hydrogen (secondary N) is 1. The molecule has 0 aromatic carbocycles. The van der Waals surface area contributed by atoms with E-state index in [1.54, 1.807) is 0 Å². The van der Waals surface area contributed by atoms with Crippen LogP contribution in [0.2, 0.25) is 0 Å². The van der Waals surface area contributed by atoms with E-state index in [1.807, 2.05) is 0 Å². The molecule has 13 heteroatoms. The summed E-state index contributed by atoms with van der Waals surface area (Å²) in [5.41, 5.74) is -3.89. The van der Waals surface area contributed by atoms with Crippen LogP contribution in [0.1, 0.15) is 61.9 Å². The number of nitrogens with zero attached hydrogens (tertiary/aromatic N) is 5. The zero-order valence-corrected chi connectivity index (χ0v) is 20.4. The highest BCUT2D eigenvalue weighted by molar-refractivity contribution is 8.00. The zero-order valence-electron chi connectivity index (χ0n) is 18.8. The van der Waals surface area contributed by atoms with Crippen LogP contribution < -0.4 is 10.2 Å². The Labute approximate surface area is 207 Å². The molecule has 2 aliphatic heterocycles. The van der Waals surface area contributed by atoms with Crippen molar-refractivity contribution in [2.24, 2.45) is 0 Å². The van der Waals surface area contributed by atoms with Gasteiger partial charge in [0.05, 0.1) is 33.5 Å². The quantitative estimate of drug-likeness (QED) is 0.547. The standard InChI is InChI=1S/C22H25F3N6O2S2/c23-22(24,25)34-13-9-26-18(27-10-13)12-2-6-31(7-3-12)20-28-16-14-8-15(14)35(33)17(16)19(29-20)30-21(11-32)4-1-5-21/h9-10,12,14-15,32H,1-8,11H2,(H,28,29,30). The first-order valence-electron chi connectivity index (χ1n) is 11.8. The van der Waals surface area contributed by atoms with Gasteiger partial charge in [-0.05, 0) is 50.3 Å². The van der Waals surface area contributed by atoms with Crippen molar-refractivity contribution in [3.05, 3.63) is 23.9 Å². The van der Waals surface area contributed by atoms with E-state index < -0.39 is 21.8 Å². The van der Waals surface area contributed by atoms with E-state index in [2.05, 4.69) is 20.2 Å². The molecule has 8 nitrogen and oxygen atoms in total. The highest BCUT2D eigenvalue weighted by atomic mass is 32.2. The molecule has 2 N–H and O–H groups in total. The Morgan fingerprint density at radius 1 is 1.20 bits per heavy atom. The third kappa shape index (κ3) is 4.39. The third-order valence-corrected chi connectivity index (χ3v) is 10.0. The van der Waals surface area contributed by atoms with Crippen molar-refractivity contribution in [3.63, 3.8) is 0 Å². The van der Waals surface area contributed by atoms with Gasteiger partial charge in [-0.25, -0.2) is 15.0 Å². The van der Waals surface area contributed by atoms with E-state index >= 15 is 0 Å². The number of halogens is 3. The van der Waals surface area contributed by atoms with Crippen molar-refractivity contribution >= 4 is 34.3 Å². The molecule has 2 saturated carbocycles. The van der Waals surface area contributed by atoms with Crippen LogP contribution in [0.5, 0.6) is 0 Å². The maximum absolute atomic E-state index is 13.0. The number of aliphatic hydroxyl groups excluding tert-OH is 1. The van der Waals surface area contributed by atoms with Gasteiger partial charge >= 0.3 is 5.51 Å². The second kappa shape index (κ2) is 8.55. The molecule has 35 heavy (non-hydrogen) atoms. The molecule has 2 aliphatic carbocycles. The monoisotopic (exact) mass is 526 g/mol. The molecule has 0 bridgehead atoms. The molecule has 0 radical (unpaired) electrons. The fourth-order valence-corrected chi connectivity index (χ4v) is 7.50. The molecule has 0 spiro atoms. The molecule has 2 aromatic heterocycles. The summed E-state index contributed by atoms with van der Waals surface area (Å²) < 4.78 is 50.6. The van der Waals surface area contributed by atoms with E-state index in [0.29, 0.717) is 35.6 Å². The number of rotatable bonds is 6. The van der Waals surface area contributed by atoms with Gasteiger partial charge in [-0.15, -0.1) is 0 Å². The SMILES string of the molecule is O=S1c2c(NC3(CO)CCC3)nc(N3CCC(c4ncc(SC(F)(F)F)cn4)CC3)nc2C2CC21. The van der Waals surface area contributed by atoms with Crippen LogP contribution in [0.15, 0.2) is 22.2 Å². The predicted molar refractivity (Wildman–Crippen MR) is 125 cm³/mol. The molecule has 2 aromatic rings. The van der Waals surface area contributed by atoms with Crippen molar-refractivity contribution in [1.29, 1.82) is 0 Å². The van der Waals surface area contributed by atoms with E-state index in [-0.39, 0.29) is 40.4 Å². The maximum atomic E-state index is 13.0. The molecular weight excluding hydrogens is 501 g/mol. The summed E-state index contributed by atoms with van der Waals surface area (Å²) in [5, 5.41) is 13.5. The largest absolute Gasteiger partial charge is 0.446 e. The summed E-state index contributed by atoms with van der Waals surface area (Å²) >= 11 is -0.214. The molecule has 6 rings (SSSR count). The lowest BCUT2D eigenvalue weighted by Gasteiger charge is -2.42. The fraction of sp³-hybridized carbons (Fsp3) is 0.636. The maximum Gasteiger partial charge on any atom is 0.446 e. The molecule has 188 valence electrons. The first-order chi connectivity index (χ1) is 16.8. The first-order valence-corrected chi connectivity index (χ1v) is 13.8. The van der Waals surface area contributed by atoms with E-state index in [4.69, 9.17) is 9.97 Å². The van der Waals surface area contributed by atoms with E-state index in [9.17, 15) is 22.5 Å². The Bertz CT molecular complexity index is 1150. The average Bonchev–Trinajstić information content (AvgIpc) is 3.56. The van der Waals surface area contributed by atoms with Crippen LogP contribution in [0.3, 0.4) is 0 Å². The van der Waals surface area contributed by atoms with Crippen LogP contribution in [0.25, 0.3) is 0 Å². The molecule has 3 atom stereocenters. The van der Waals surface area contributed by atoms with Crippen LogP contribution in [0, 0.1) is 0 Å². The Balaban J connectivity index is 1.19. The number of fused-ring (bicyclic) bond motifs is 3. The number of hydrogen-bond donors (Lipinski definition) is 2. The van der Waals surface area contributed by atoms with Crippen molar-refractivity contribution < 1.29 is 22.5 Å². The summed E-state index contributed by atoms with van der Waals surface area (Å²) in [6, 6.07) is 0. The average molecular weight is 527 g/mol. The van der Waals surface area contributed by atoms with Crippen LogP contribution in [0.4, 0.5) is 24.9 Å². The molecular formula is C22H25F3N6O2S2. The summed E-state index contributed by atoms with van der Waals surface area (Å²) in [4.78, 5) is 20.8. The third-order valence-electron chi connectivity index (χ3n) is 7.46. The molecule has 1 saturated heterocycles. The van der Waals surface area contributed by atoms with Gasteiger partial charge in [-0.1, -0.05) is 0 Å². The Morgan fingerprint density at radius 3 is 2.51 bits per heavy atom. The number of hydrogen-bond acceptors (Lipinski definition) is 9. The van der Waals surface area contributed by atoms with Crippen LogP contribution in [-0.4, -0.2) is 65.2 Å². The van der Waals surface area contributed by atoms with Gasteiger partial charge in [0.2, 0.25) is 5.95 Å². The summed E-state index contributed by atoms with van der Waals surface area (Å²) in [6.45, 7) is 1.33. The molecule has 4 aliphatic rings. The minimum Gasteiger partial charge on any atom is -0.394 e. The summed E-state index contributed by atoms with van der Waals surface area (Å²) in [7, 11) is -1.12. The lowest BCUT2D eigenvalue weighted by molar-refractivity contribution is -0.0328. The van der Waals surface area contributed by atoms with Crippen LogP contribution in [-0.2, 0) is 10.8 Å². The summed E-state index contributed by atoms with van der Waals surface area (Å²) in [6.07, 6.45) is 7.55. The van der Waals surface area contributed by atoms with Crippen molar-refractivity contribution in [3.8, 4) is 0 Å². The number of aliphatic hydroxyl groups is 1. The highest BCUT2D eigenvalue weighted by Gasteiger charge is 2.55. The lowest BCUT2D eigenvalue weighted by Crippen LogP contribution is -2.49. The number of aromatic nitrogens is 4. The number of piperidine rings is 1.